The molecule has 0 heterocycles. The fraction of sp³-hybridized carbons (Fsp3) is 0.125. The molecular formula is C16H15N3O2. The average molecular weight is 281 g/mol. The van der Waals surface area contributed by atoms with Crippen molar-refractivity contribution in [2.75, 3.05) is 0 Å². The molecule has 5 heteroatoms. The lowest BCUT2D eigenvalue weighted by Gasteiger charge is -2.19. The van der Waals surface area contributed by atoms with Gasteiger partial charge >= 0.3 is 0 Å². The molecule has 0 fully saturated rings. The van der Waals surface area contributed by atoms with Gasteiger partial charge in [0.25, 0.3) is 5.91 Å². The molecular weight excluding hydrogens is 266 g/mol. The highest BCUT2D eigenvalue weighted by Gasteiger charge is 2.22. The smallest absolute Gasteiger partial charge is 0.279 e. The van der Waals surface area contributed by atoms with Crippen LogP contribution in [0, 0.1) is 18.3 Å². The van der Waals surface area contributed by atoms with Crippen LogP contribution in [0.15, 0.2) is 48.5 Å². The SMILES string of the molecule is Cc1ccc(C#N)cc1OC(C(=O)NN)c1ccccc1. The molecule has 2 aromatic carbocycles. The Hall–Kier alpha value is -2.84. The number of carbonyl (C=O) groups excluding carboxylic acids is 1. The second kappa shape index (κ2) is 6.55. The van der Waals surface area contributed by atoms with Gasteiger partial charge in [-0.2, -0.15) is 5.26 Å². The maximum atomic E-state index is 12.0. The molecule has 106 valence electrons. The number of nitriles is 1. The Morgan fingerprint density at radius 3 is 2.62 bits per heavy atom. The molecule has 0 aliphatic heterocycles. The summed E-state index contributed by atoms with van der Waals surface area (Å²) in [5.74, 6) is 5.25. The van der Waals surface area contributed by atoms with Gasteiger partial charge in [-0.3, -0.25) is 10.2 Å². The van der Waals surface area contributed by atoms with Crippen molar-refractivity contribution in [3.05, 3.63) is 65.2 Å². The summed E-state index contributed by atoms with van der Waals surface area (Å²) in [6.07, 6.45) is -0.871. The molecule has 0 bridgehead atoms. The Bertz CT molecular complexity index is 678. The molecule has 1 atom stereocenters. The van der Waals surface area contributed by atoms with Crippen LogP contribution in [0.5, 0.6) is 5.75 Å². The van der Waals surface area contributed by atoms with Crippen molar-refractivity contribution in [1.82, 2.24) is 5.43 Å². The topological polar surface area (TPSA) is 88.1 Å². The van der Waals surface area contributed by atoms with Gasteiger partial charge in [-0.25, -0.2) is 5.84 Å². The zero-order valence-electron chi connectivity index (χ0n) is 11.5. The molecule has 0 aromatic heterocycles. The second-order valence-corrected chi connectivity index (χ2v) is 4.51. The summed E-state index contributed by atoms with van der Waals surface area (Å²) >= 11 is 0. The largest absolute Gasteiger partial charge is 0.475 e. The van der Waals surface area contributed by atoms with Gasteiger partial charge in [0.05, 0.1) is 11.6 Å². The molecule has 2 rings (SSSR count). The maximum absolute atomic E-state index is 12.0. The van der Waals surface area contributed by atoms with E-state index in [1.807, 2.05) is 31.2 Å². The molecule has 2 aromatic rings. The van der Waals surface area contributed by atoms with E-state index in [2.05, 4.69) is 5.43 Å². The van der Waals surface area contributed by atoms with Crippen LogP contribution in [-0.2, 0) is 4.79 Å². The standard InChI is InChI=1S/C16H15N3O2/c1-11-7-8-12(10-17)9-14(11)21-15(16(20)19-18)13-5-3-2-4-6-13/h2-9,15H,18H2,1H3,(H,19,20). The summed E-state index contributed by atoms with van der Waals surface area (Å²) < 4.78 is 5.78. The van der Waals surface area contributed by atoms with Crippen LogP contribution in [0.25, 0.3) is 0 Å². The Labute approximate surface area is 122 Å². The van der Waals surface area contributed by atoms with Crippen LogP contribution < -0.4 is 16.0 Å². The Morgan fingerprint density at radius 1 is 1.29 bits per heavy atom. The van der Waals surface area contributed by atoms with Crippen LogP contribution >= 0.6 is 0 Å². The molecule has 0 spiro atoms. The number of hydrogen-bond donors (Lipinski definition) is 2. The molecule has 3 N–H and O–H groups in total. The zero-order chi connectivity index (χ0) is 15.2. The number of hydrazine groups is 1. The molecule has 0 aliphatic carbocycles. The van der Waals surface area contributed by atoms with E-state index in [0.717, 1.165) is 5.56 Å². The highest BCUT2D eigenvalue weighted by molar-refractivity contribution is 5.82. The third-order valence-corrected chi connectivity index (χ3v) is 3.04. The van der Waals surface area contributed by atoms with Crippen molar-refractivity contribution < 1.29 is 9.53 Å². The van der Waals surface area contributed by atoms with Gasteiger partial charge in [0.2, 0.25) is 6.10 Å². The minimum absolute atomic E-state index is 0.456. The lowest BCUT2D eigenvalue weighted by Crippen LogP contribution is -2.37. The van der Waals surface area contributed by atoms with Gasteiger partial charge in [0, 0.05) is 5.56 Å². The normalized spacial score (nSPS) is 11.3. The van der Waals surface area contributed by atoms with Crippen molar-refractivity contribution in [3.63, 3.8) is 0 Å². The number of carbonyl (C=O) groups is 1. The number of nitrogens with one attached hydrogen (secondary N) is 1. The number of rotatable bonds is 4. The van der Waals surface area contributed by atoms with E-state index in [4.69, 9.17) is 15.8 Å². The van der Waals surface area contributed by atoms with Crippen LogP contribution in [0.2, 0.25) is 0 Å². The molecule has 0 saturated heterocycles. The van der Waals surface area contributed by atoms with Gasteiger partial charge in [-0.15, -0.1) is 0 Å². The van der Waals surface area contributed by atoms with E-state index in [1.54, 1.807) is 30.3 Å². The first-order chi connectivity index (χ1) is 10.2. The van der Waals surface area contributed by atoms with E-state index in [0.29, 0.717) is 16.9 Å². The van der Waals surface area contributed by atoms with Gasteiger partial charge in [0.15, 0.2) is 0 Å². The first-order valence-corrected chi connectivity index (χ1v) is 6.38. The van der Waals surface area contributed by atoms with Crippen molar-refractivity contribution in [2.24, 2.45) is 5.84 Å². The van der Waals surface area contributed by atoms with Crippen molar-refractivity contribution >= 4 is 5.91 Å². The monoisotopic (exact) mass is 281 g/mol. The summed E-state index contributed by atoms with van der Waals surface area (Å²) in [5.41, 5.74) is 4.09. The van der Waals surface area contributed by atoms with Gasteiger partial charge in [-0.05, 0) is 24.6 Å². The Kier molecular flexibility index (Phi) is 4.54. The van der Waals surface area contributed by atoms with Crippen molar-refractivity contribution in [1.29, 1.82) is 5.26 Å². The van der Waals surface area contributed by atoms with Crippen LogP contribution in [0.1, 0.15) is 22.8 Å². The van der Waals surface area contributed by atoms with E-state index in [9.17, 15) is 4.79 Å². The number of hydrogen-bond acceptors (Lipinski definition) is 4. The first-order valence-electron chi connectivity index (χ1n) is 6.38. The van der Waals surface area contributed by atoms with Crippen molar-refractivity contribution in [2.45, 2.75) is 13.0 Å². The number of ether oxygens (including phenoxy) is 1. The zero-order valence-corrected chi connectivity index (χ0v) is 11.5. The summed E-state index contributed by atoms with van der Waals surface area (Å²) in [6.45, 7) is 1.85. The van der Waals surface area contributed by atoms with E-state index >= 15 is 0 Å². The number of aryl methyl sites for hydroxylation is 1. The second-order valence-electron chi connectivity index (χ2n) is 4.51. The fourth-order valence-corrected chi connectivity index (χ4v) is 1.90. The lowest BCUT2D eigenvalue weighted by atomic mass is 10.1. The fourth-order valence-electron chi connectivity index (χ4n) is 1.90. The summed E-state index contributed by atoms with van der Waals surface area (Å²) in [5, 5.41) is 8.95. The molecule has 1 amide bonds. The number of amides is 1. The maximum Gasteiger partial charge on any atom is 0.279 e. The predicted octanol–water partition coefficient (Wildman–Crippen LogP) is 1.98. The summed E-state index contributed by atoms with van der Waals surface area (Å²) in [7, 11) is 0. The number of benzene rings is 2. The van der Waals surface area contributed by atoms with E-state index < -0.39 is 12.0 Å². The minimum atomic E-state index is -0.871. The van der Waals surface area contributed by atoms with Gasteiger partial charge in [0.1, 0.15) is 5.75 Å². The molecule has 0 aliphatic rings. The van der Waals surface area contributed by atoms with E-state index in [1.165, 1.54) is 0 Å². The number of nitrogens with two attached hydrogens (primary N) is 1. The lowest BCUT2D eigenvalue weighted by molar-refractivity contribution is -0.128. The quantitative estimate of drug-likeness (QED) is 0.509. The minimum Gasteiger partial charge on any atom is -0.475 e. The van der Waals surface area contributed by atoms with Gasteiger partial charge in [-0.1, -0.05) is 36.4 Å². The predicted molar refractivity (Wildman–Crippen MR) is 78.0 cm³/mol. The third-order valence-electron chi connectivity index (χ3n) is 3.04. The molecule has 0 saturated carbocycles. The van der Waals surface area contributed by atoms with Crippen molar-refractivity contribution in [3.8, 4) is 11.8 Å². The molecule has 0 radical (unpaired) electrons. The van der Waals surface area contributed by atoms with Crippen LogP contribution in [0.4, 0.5) is 0 Å². The Balaban J connectivity index is 2.36. The van der Waals surface area contributed by atoms with Gasteiger partial charge < -0.3 is 4.74 Å². The molecule has 21 heavy (non-hydrogen) atoms. The average Bonchev–Trinajstić information content (AvgIpc) is 2.54. The summed E-state index contributed by atoms with van der Waals surface area (Å²) in [4.78, 5) is 12.0. The van der Waals surface area contributed by atoms with Crippen LogP contribution in [-0.4, -0.2) is 5.91 Å². The highest BCUT2D eigenvalue weighted by atomic mass is 16.5. The summed E-state index contributed by atoms with van der Waals surface area (Å²) in [6, 6.07) is 16.2. The Morgan fingerprint density at radius 2 is 2.00 bits per heavy atom. The van der Waals surface area contributed by atoms with Crippen LogP contribution in [0.3, 0.4) is 0 Å². The number of nitrogens with zero attached hydrogens (tertiary/aromatic N) is 1. The first kappa shape index (κ1) is 14.6. The molecule has 1 unspecified atom stereocenters. The third kappa shape index (κ3) is 3.38. The van der Waals surface area contributed by atoms with E-state index in [-0.39, 0.29) is 0 Å². The molecule has 5 nitrogen and oxygen atoms in total. The highest BCUT2D eigenvalue weighted by Crippen LogP contribution is 2.26.